The highest BCUT2D eigenvalue weighted by Crippen LogP contribution is 2.23. The van der Waals surface area contributed by atoms with Crippen molar-refractivity contribution in [2.75, 3.05) is 13.1 Å². The molecule has 4 amide bonds. The van der Waals surface area contributed by atoms with Crippen molar-refractivity contribution in [3.05, 3.63) is 69.7 Å². The van der Waals surface area contributed by atoms with Gasteiger partial charge in [0.25, 0.3) is 11.8 Å². The minimum Gasteiger partial charge on any atom is -0.355 e. The first-order valence-corrected chi connectivity index (χ1v) is 11.4. The zero-order chi connectivity index (χ0) is 23.3. The lowest BCUT2D eigenvalue weighted by Crippen LogP contribution is -2.47. The second kappa shape index (κ2) is 10.5. The molecule has 1 aliphatic rings. The second-order valence-electron chi connectivity index (χ2n) is 7.63. The summed E-state index contributed by atoms with van der Waals surface area (Å²) >= 11 is 3.40. The molecule has 168 valence electrons. The molecule has 7 nitrogen and oxygen atoms in total. The number of halogens is 1. The fourth-order valence-electron chi connectivity index (χ4n) is 3.67. The van der Waals surface area contributed by atoms with Crippen LogP contribution in [0.15, 0.2) is 53.0 Å². The Kier molecular flexibility index (Phi) is 7.80. The topological polar surface area (TPSA) is 86.8 Å². The summed E-state index contributed by atoms with van der Waals surface area (Å²) in [6, 6.07) is 13.6. The quantitative estimate of drug-likeness (QED) is 0.535. The minimum atomic E-state index is -0.648. The van der Waals surface area contributed by atoms with Gasteiger partial charge < -0.3 is 10.2 Å². The molecule has 3 rings (SSSR count). The summed E-state index contributed by atoms with van der Waals surface area (Å²) in [5, 5.41) is 2.76. The number of fused-ring (bicyclic) bond motifs is 1. The Labute approximate surface area is 195 Å². The van der Waals surface area contributed by atoms with Crippen LogP contribution >= 0.6 is 15.9 Å². The zero-order valence-corrected chi connectivity index (χ0v) is 19.7. The van der Waals surface area contributed by atoms with E-state index in [0.717, 1.165) is 10.0 Å². The molecule has 0 spiro atoms. The van der Waals surface area contributed by atoms with Gasteiger partial charge in [-0.1, -0.05) is 40.2 Å². The van der Waals surface area contributed by atoms with Crippen LogP contribution in [0.5, 0.6) is 0 Å². The Morgan fingerprint density at radius 1 is 1.03 bits per heavy atom. The van der Waals surface area contributed by atoms with Gasteiger partial charge in [-0.3, -0.25) is 24.1 Å². The van der Waals surface area contributed by atoms with Crippen LogP contribution in [0.2, 0.25) is 0 Å². The van der Waals surface area contributed by atoms with E-state index in [1.165, 1.54) is 9.80 Å². The van der Waals surface area contributed by atoms with Crippen LogP contribution in [0, 0.1) is 0 Å². The van der Waals surface area contributed by atoms with Gasteiger partial charge in [0.2, 0.25) is 11.8 Å². The summed E-state index contributed by atoms with van der Waals surface area (Å²) < 4.78 is 0.928. The third kappa shape index (κ3) is 5.24. The molecule has 0 aromatic heterocycles. The molecular formula is C24H26BrN3O4. The molecule has 2 aromatic rings. The van der Waals surface area contributed by atoms with Gasteiger partial charge in [0.1, 0.15) is 6.04 Å². The molecule has 1 aliphatic heterocycles. The lowest BCUT2D eigenvalue weighted by molar-refractivity contribution is -0.140. The first-order valence-electron chi connectivity index (χ1n) is 10.6. The molecule has 0 radical (unpaired) electrons. The number of hydrogen-bond donors (Lipinski definition) is 1. The second-order valence-corrected chi connectivity index (χ2v) is 8.55. The molecule has 32 heavy (non-hydrogen) atoms. The van der Waals surface area contributed by atoms with Crippen molar-refractivity contribution < 1.29 is 19.2 Å². The summed E-state index contributed by atoms with van der Waals surface area (Å²) in [5.41, 5.74) is 1.69. The van der Waals surface area contributed by atoms with Crippen molar-refractivity contribution in [2.45, 2.75) is 39.3 Å². The van der Waals surface area contributed by atoms with Gasteiger partial charge in [0.15, 0.2) is 0 Å². The molecule has 0 saturated heterocycles. The first-order chi connectivity index (χ1) is 15.3. The van der Waals surface area contributed by atoms with E-state index in [1.807, 2.05) is 31.2 Å². The Morgan fingerprint density at radius 3 is 2.19 bits per heavy atom. The molecule has 0 unspecified atom stereocenters. The smallest absolute Gasteiger partial charge is 0.261 e. The van der Waals surface area contributed by atoms with E-state index in [-0.39, 0.29) is 43.1 Å². The number of nitrogens with zero attached hydrogens (tertiary/aromatic N) is 2. The molecule has 1 N–H and O–H groups in total. The maximum atomic E-state index is 13.1. The van der Waals surface area contributed by atoms with Crippen LogP contribution < -0.4 is 5.32 Å². The van der Waals surface area contributed by atoms with Crippen molar-refractivity contribution >= 4 is 39.6 Å². The number of hydrogen-bond acceptors (Lipinski definition) is 4. The van der Waals surface area contributed by atoms with Gasteiger partial charge in [-0.25, -0.2) is 0 Å². The number of nitrogens with one attached hydrogen (secondary N) is 1. The van der Waals surface area contributed by atoms with Crippen LogP contribution in [0.1, 0.15) is 53.0 Å². The third-order valence-electron chi connectivity index (χ3n) is 5.44. The number of benzene rings is 2. The minimum absolute atomic E-state index is 0.119. The van der Waals surface area contributed by atoms with Crippen LogP contribution in [-0.2, 0) is 16.1 Å². The van der Waals surface area contributed by atoms with Gasteiger partial charge in [0, 0.05) is 30.5 Å². The largest absolute Gasteiger partial charge is 0.355 e. The average Bonchev–Trinajstić information content (AvgIpc) is 3.03. The third-order valence-corrected chi connectivity index (χ3v) is 5.96. The lowest BCUT2D eigenvalue weighted by Gasteiger charge is -2.29. The van der Waals surface area contributed by atoms with Gasteiger partial charge in [-0.2, -0.15) is 0 Å². The van der Waals surface area contributed by atoms with Crippen molar-refractivity contribution in [3.8, 4) is 0 Å². The predicted molar refractivity (Wildman–Crippen MR) is 124 cm³/mol. The Hall–Kier alpha value is -3.00. The fourth-order valence-corrected chi connectivity index (χ4v) is 3.93. The van der Waals surface area contributed by atoms with Crippen molar-refractivity contribution in [1.82, 2.24) is 15.1 Å². The average molecular weight is 500 g/mol. The maximum Gasteiger partial charge on any atom is 0.261 e. The summed E-state index contributed by atoms with van der Waals surface area (Å²) in [4.78, 5) is 53.2. The zero-order valence-electron chi connectivity index (χ0n) is 18.1. The standard InChI is InChI=1S/C24H26BrN3O4/c1-3-26-22(30)16(2)28(15-17-10-12-18(25)13-11-17)21(29)9-6-14-27-23(31)19-7-4-5-8-20(19)24(27)32/h4-5,7-8,10-13,16H,3,6,9,14-15H2,1-2H3,(H,26,30)/t16-/m1/s1. The SMILES string of the molecule is CCNC(=O)[C@@H](C)N(Cc1ccc(Br)cc1)C(=O)CCCN1C(=O)c2ccccc2C1=O. The number of carbonyl (C=O) groups is 4. The maximum absolute atomic E-state index is 13.1. The number of carbonyl (C=O) groups excluding carboxylic acids is 4. The number of likely N-dealkylation sites (N-methyl/N-ethyl adjacent to an activating group) is 1. The molecule has 1 atom stereocenters. The normalized spacial score (nSPS) is 13.7. The molecule has 8 heteroatoms. The highest BCUT2D eigenvalue weighted by atomic mass is 79.9. The lowest BCUT2D eigenvalue weighted by atomic mass is 10.1. The Bertz CT molecular complexity index is 987. The van der Waals surface area contributed by atoms with Gasteiger partial charge in [-0.05, 0) is 50.1 Å². The number of imide groups is 1. The van der Waals surface area contributed by atoms with E-state index in [1.54, 1.807) is 31.2 Å². The first kappa shape index (κ1) is 23.7. The summed E-state index contributed by atoms with van der Waals surface area (Å²) in [6.45, 7) is 4.44. The van der Waals surface area contributed by atoms with E-state index in [9.17, 15) is 19.2 Å². The van der Waals surface area contributed by atoms with Crippen LogP contribution in [0.4, 0.5) is 0 Å². The summed E-state index contributed by atoms with van der Waals surface area (Å²) in [7, 11) is 0. The van der Waals surface area contributed by atoms with Gasteiger partial charge in [0.05, 0.1) is 11.1 Å². The van der Waals surface area contributed by atoms with Crippen LogP contribution in [0.3, 0.4) is 0 Å². The molecule has 1 heterocycles. The molecule has 0 bridgehead atoms. The van der Waals surface area contributed by atoms with E-state index in [2.05, 4.69) is 21.2 Å². The monoisotopic (exact) mass is 499 g/mol. The van der Waals surface area contributed by atoms with Crippen LogP contribution in [0.25, 0.3) is 0 Å². The predicted octanol–water partition coefficient (Wildman–Crippen LogP) is 3.38. The summed E-state index contributed by atoms with van der Waals surface area (Å²) in [6.07, 6.45) is 0.441. The molecular weight excluding hydrogens is 474 g/mol. The van der Waals surface area contributed by atoms with Crippen LogP contribution in [-0.4, -0.2) is 52.6 Å². The highest BCUT2D eigenvalue weighted by molar-refractivity contribution is 9.10. The summed E-state index contributed by atoms with van der Waals surface area (Å²) in [5.74, 6) is -1.09. The molecule has 0 saturated carbocycles. The number of amides is 4. The van der Waals surface area contributed by atoms with E-state index >= 15 is 0 Å². The van der Waals surface area contributed by atoms with Crippen molar-refractivity contribution in [2.24, 2.45) is 0 Å². The van der Waals surface area contributed by atoms with Gasteiger partial charge >= 0.3 is 0 Å². The van der Waals surface area contributed by atoms with Gasteiger partial charge in [-0.15, -0.1) is 0 Å². The van der Waals surface area contributed by atoms with Crippen molar-refractivity contribution in [3.63, 3.8) is 0 Å². The molecule has 0 aliphatic carbocycles. The highest BCUT2D eigenvalue weighted by Gasteiger charge is 2.35. The van der Waals surface area contributed by atoms with E-state index in [4.69, 9.17) is 0 Å². The van der Waals surface area contributed by atoms with E-state index < -0.39 is 6.04 Å². The Morgan fingerprint density at radius 2 is 1.62 bits per heavy atom. The fraction of sp³-hybridized carbons (Fsp3) is 0.333. The Balaban J connectivity index is 1.65. The number of rotatable bonds is 9. The molecule has 2 aromatic carbocycles. The van der Waals surface area contributed by atoms with E-state index in [0.29, 0.717) is 24.1 Å². The molecule has 0 fully saturated rings. The van der Waals surface area contributed by atoms with Crippen molar-refractivity contribution in [1.29, 1.82) is 0 Å².